The van der Waals surface area contributed by atoms with Crippen molar-refractivity contribution in [3.05, 3.63) is 42.2 Å². The fourth-order valence-corrected chi connectivity index (χ4v) is 1.34. The molecule has 2 rings (SSSR count). The van der Waals surface area contributed by atoms with E-state index in [2.05, 4.69) is 15.1 Å². The molecule has 0 bridgehead atoms. The molecule has 1 unspecified atom stereocenters. The Balaban J connectivity index is 2.23. The van der Waals surface area contributed by atoms with E-state index in [1.165, 1.54) is 18.6 Å². The summed E-state index contributed by atoms with van der Waals surface area (Å²) in [5, 5.41) is 3.96. The van der Waals surface area contributed by atoms with Crippen LogP contribution >= 0.6 is 0 Å². The summed E-state index contributed by atoms with van der Waals surface area (Å²) in [6.45, 7) is 0. The van der Waals surface area contributed by atoms with Crippen LogP contribution in [0.1, 0.15) is 22.1 Å². The second kappa shape index (κ2) is 4.19. The lowest BCUT2D eigenvalue weighted by Gasteiger charge is -2.06. The third-order valence-electron chi connectivity index (χ3n) is 2.18. The first kappa shape index (κ1) is 10.4. The molecule has 0 spiro atoms. The minimum absolute atomic E-state index is 0.263. The molecule has 0 aliphatic rings. The van der Waals surface area contributed by atoms with E-state index in [4.69, 9.17) is 5.73 Å². The maximum atomic E-state index is 11.9. The number of aryl methyl sites for hydroxylation is 1. The second-order valence-corrected chi connectivity index (χ2v) is 3.38. The van der Waals surface area contributed by atoms with Crippen molar-refractivity contribution in [1.82, 2.24) is 19.7 Å². The first-order valence-electron chi connectivity index (χ1n) is 4.73. The fraction of sp³-hybridized carbons (Fsp3) is 0.200. The Hall–Kier alpha value is -2.08. The van der Waals surface area contributed by atoms with E-state index in [0.29, 0.717) is 5.56 Å². The van der Waals surface area contributed by atoms with Crippen LogP contribution in [-0.4, -0.2) is 25.5 Å². The second-order valence-electron chi connectivity index (χ2n) is 3.38. The largest absolute Gasteiger partial charge is 0.317 e. The van der Waals surface area contributed by atoms with Gasteiger partial charge in [0.1, 0.15) is 5.69 Å². The predicted octanol–water partition coefficient (Wildman–Crippen LogP) is 0.0928. The molecular formula is C10H11N5O. The number of hydrogen-bond donors (Lipinski definition) is 1. The quantitative estimate of drug-likeness (QED) is 0.736. The van der Waals surface area contributed by atoms with Crippen LogP contribution in [0.15, 0.2) is 31.0 Å². The zero-order valence-electron chi connectivity index (χ0n) is 8.74. The highest BCUT2D eigenvalue weighted by molar-refractivity contribution is 5.98. The van der Waals surface area contributed by atoms with Crippen molar-refractivity contribution in [2.75, 3.05) is 0 Å². The van der Waals surface area contributed by atoms with Crippen LogP contribution in [0.4, 0.5) is 0 Å². The van der Waals surface area contributed by atoms with Crippen molar-refractivity contribution >= 4 is 5.78 Å². The van der Waals surface area contributed by atoms with Crippen molar-refractivity contribution in [1.29, 1.82) is 0 Å². The molecule has 0 aromatic carbocycles. The number of nitrogens with two attached hydrogens (primary N) is 1. The summed E-state index contributed by atoms with van der Waals surface area (Å²) in [4.78, 5) is 19.6. The summed E-state index contributed by atoms with van der Waals surface area (Å²) < 4.78 is 1.60. The van der Waals surface area contributed by atoms with Crippen LogP contribution in [-0.2, 0) is 7.05 Å². The normalized spacial score (nSPS) is 12.4. The molecule has 82 valence electrons. The molecule has 0 aliphatic carbocycles. The Labute approximate surface area is 92.1 Å². The molecule has 16 heavy (non-hydrogen) atoms. The lowest BCUT2D eigenvalue weighted by atomic mass is 10.1. The fourth-order valence-electron chi connectivity index (χ4n) is 1.34. The highest BCUT2D eigenvalue weighted by Gasteiger charge is 2.20. The molecule has 0 saturated carbocycles. The number of Topliss-reactive ketones (excluding diaryl/α,β-unsaturated/α-hetero) is 1. The topological polar surface area (TPSA) is 86.7 Å². The lowest BCUT2D eigenvalue weighted by Crippen LogP contribution is -2.22. The maximum absolute atomic E-state index is 11.9. The van der Waals surface area contributed by atoms with Gasteiger partial charge < -0.3 is 5.73 Å². The summed E-state index contributed by atoms with van der Waals surface area (Å²) in [5.41, 5.74) is 6.74. The molecule has 0 aliphatic heterocycles. The van der Waals surface area contributed by atoms with Crippen LogP contribution in [0, 0.1) is 0 Å². The molecule has 0 saturated heterocycles. The first-order valence-corrected chi connectivity index (χ1v) is 4.73. The van der Waals surface area contributed by atoms with Gasteiger partial charge in [-0.3, -0.25) is 14.5 Å². The Bertz CT molecular complexity index is 493. The number of rotatable bonds is 3. The Morgan fingerprint density at radius 1 is 1.44 bits per heavy atom. The van der Waals surface area contributed by atoms with Gasteiger partial charge in [0.25, 0.3) is 0 Å². The van der Waals surface area contributed by atoms with Crippen molar-refractivity contribution in [3.8, 4) is 0 Å². The van der Waals surface area contributed by atoms with Gasteiger partial charge in [0.15, 0.2) is 0 Å². The minimum Gasteiger partial charge on any atom is -0.317 e. The molecule has 0 fully saturated rings. The minimum atomic E-state index is -0.745. The molecule has 1 atom stereocenters. The third kappa shape index (κ3) is 1.96. The summed E-state index contributed by atoms with van der Waals surface area (Å²) in [6, 6.07) is -0.745. The van der Waals surface area contributed by atoms with Crippen LogP contribution in [0.3, 0.4) is 0 Å². The predicted molar refractivity (Wildman–Crippen MR) is 56.5 cm³/mol. The lowest BCUT2D eigenvalue weighted by molar-refractivity contribution is 0.0956. The van der Waals surface area contributed by atoms with Gasteiger partial charge in [-0.15, -0.1) is 0 Å². The molecular weight excluding hydrogens is 206 g/mol. The van der Waals surface area contributed by atoms with Crippen LogP contribution in [0.2, 0.25) is 0 Å². The van der Waals surface area contributed by atoms with Crippen LogP contribution < -0.4 is 5.73 Å². The molecule has 2 aromatic heterocycles. The molecule has 6 nitrogen and oxygen atoms in total. The number of carbonyl (C=O) groups is 1. The Kier molecular flexibility index (Phi) is 2.74. The first-order chi connectivity index (χ1) is 7.68. The van der Waals surface area contributed by atoms with Gasteiger partial charge in [0.05, 0.1) is 18.4 Å². The summed E-state index contributed by atoms with van der Waals surface area (Å²) in [5.74, 6) is -0.263. The molecule has 0 radical (unpaired) electrons. The standard InChI is InChI=1S/C10H11N5O/c1-15-6-7(4-14-15)9(11)10(16)8-5-12-2-3-13-8/h2-6,9H,11H2,1H3. The zero-order chi connectivity index (χ0) is 11.5. The Morgan fingerprint density at radius 2 is 2.25 bits per heavy atom. The highest BCUT2D eigenvalue weighted by Crippen LogP contribution is 2.13. The number of carbonyl (C=O) groups excluding carboxylic acids is 1. The number of hydrogen-bond acceptors (Lipinski definition) is 5. The smallest absolute Gasteiger partial charge is 0.204 e. The summed E-state index contributed by atoms with van der Waals surface area (Å²) in [6.07, 6.45) is 7.64. The zero-order valence-corrected chi connectivity index (χ0v) is 8.74. The number of aromatic nitrogens is 4. The van der Waals surface area contributed by atoms with E-state index in [9.17, 15) is 4.79 Å². The van der Waals surface area contributed by atoms with E-state index in [-0.39, 0.29) is 11.5 Å². The van der Waals surface area contributed by atoms with E-state index >= 15 is 0 Å². The average molecular weight is 217 g/mol. The molecule has 2 aromatic rings. The number of nitrogens with zero attached hydrogens (tertiary/aromatic N) is 4. The van der Waals surface area contributed by atoms with Crippen molar-refractivity contribution in [2.24, 2.45) is 12.8 Å². The van der Waals surface area contributed by atoms with E-state index in [1.807, 2.05) is 0 Å². The van der Waals surface area contributed by atoms with Gasteiger partial charge in [-0.1, -0.05) is 0 Å². The highest BCUT2D eigenvalue weighted by atomic mass is 16.1. The Morgan fingerprint density at radius 3 is 2.81 bits per heavy atom. The van der Waals surface area contributed by atoms with Crippen LogP contribution in [0.5, 0.6) is 0 Å². The van der Waals surface area contributed by atoms with Gasteiger partial charge in [-0.2, -0.15) is 5.10 Å². The van der Waals surface area contributed by atoms with Gasteiger partial charge in [0.2, 0.25) is 5.78 Å². The molecule has 2 heterocycles. The van der Waals surface area contributed by atoms with E-state index < -0.39 is 6.04 Å². The van der Waals surface area contributed by atoms with Crippen molar-refractivity contribution in [3.63, 3.8) is 0 Å². The maximum Gasteiger partial charge on any atom is 0.204 e. The summed E-state index contributed by atoms with van der Waals surface area (Å²) in [7, 11) is 1.77. The average Bonchev–Trinajstić information content (AvgIpc) is 2.75. The van der Waals surface area contributed by atoms with Gasteiger partial charge in [-0.25, -0.2) is 4.98 Å². The monoisotopic (exact) mass is 217 g/mol. The van der Waals surface area contributed by atoms with Crippen LogP contribution in [0.25, 0.3) is 0 Å². The third-order valence-corrected chi connectivity index (χ3v) is 2.18. The number of ketones is 1. The van der Waals surface area contributed by atoms with E-state index in [0.717, 1.165) is 0 Å². The van der Waals surface area contributed by atoms with E-state index in [1.54, 1.807) is 24.1 Å². The van der Waals surface area contributed by atoms with Gasteiger partial charge in [0, 0.05) is 31.2 Å². The summed E-state index contributed by atoms with van der Waals surface area (Å²) >= 11 is 0. The molecule has 2 N–H and O–H groups in total. The van der Waals surface area contributed by atoms with Gasteiger partial charge in [-0.05, 0) is 0 Å². The van der Waals surface area contributed by atoms with Crippen molar-refractivity contribution in [2.45, 2.75) is 6.04 Å². The van der Waals surface area contributed by atoms with Crippen molar-refractivity contribution < 1.29 is 4.79 Å². The molecule has 0 amide bonds. The van der Waals surface area contributed by atoms with Gasteiger partial charge >= 0.3 is 0 Å². The SMILES string of the molecule is Cn1cc(C(N)C(=O)c2cnccn2)cn1. The molecule has 6 heteroatoms.